The number of carbonyl (C=O) groups is 1. The molecule has 0 radical (unpaired) electrons. The van der Waals surface area contributed by atoms with E-state index >= 15 is 0 Å². The number of hydrogen-bond donors (Lipinski definition) is 1. The summed E-state index contributed by atoms with van der Waals surface area (Å²) >= 11 is 0. The lowest BCUT2D eigenvalue weighted by Gasteiger charge is -2.12. The van der Waals surface area contributed by atoms with Gasteiger partial charge in [0.05, 0.1) is 13.0 Å². The molecule has 0 amide bonds. The van der Waals surface area contributed by atoms with E-state index in [0.717, 1.165) is 16.7 Å². The van der Waals surface area contributed by atoms with Gasteiger partial charge in [0.25, 0.3) is 0 Å². The third-order valence-electron chi connectivity index (χ3n) is 3.93. The van der Waals surface area contributed by atoms with Crippen LogP contribution >= 0.6 is 0 Å². The van der Waals surface area contributed by atoms with Crippen LogP contribution in [0.3, 0.4) is 0 Å². The molecular weight excluding hydrogens is 387 g/mol. The fourth-order valence-corrected chi connectivity index (χ4v) is 2.59. The molecule has 0 unspecified atom stereocenters. The largest absolute Gasteiger partial charge is 0.573 e. The first-order valence-electron chi connectivity index (χ1n) is 9.20. The maximum absolute atomic E-state index is 12.2. The predicted octanol–water partition coefficient (Wildman–Crippen LogP) is 4.52. The third-order valence-corrected chi connectivity index (χ3v) is 3.93. The molecule has 0 spiro atoms. The van der Waals surface area contributed by atoms with Crippen LogP contribution in [0.4, 0.5) is 13.2 Å². The summed E-state index contributed by atoms with van der Waals surface area (Å²) in [5.74, 6) is 0.200. The number of ether oxygens (including phenoxy) is 3. The Balaban J connectivity index is 1.80. The summed E-state index contributed by atoms with van der Waals surface area (Å²) in [6.45, 7) is 5.44. The van der Waals surface area contributed by atoms with E-state index in [4.69, 9.17) is 9.47 Å². The Labute approximate surface area is 167 Å². The van der Waals surface area contributed by atoms with Crippen molar-refractivity contribution < 1.29 is 32.2 Å². The van der Waals surface area contributed by atoms with E-state index in [9.17, 15) is 18.0 Å². The second-order valence-corrected chi connectivity index (χ2v) is 6.31. The molecule has 158 valence electrons. The zero-order valence-electron chi connectivity index (χ0n) is 16.3. The summed E-state index contributed by atoms with van der Waals surface area (Å²) in [5, 5.41) is 3.18. The Kier molecular flexibility index (Phi) is 8.33. The van der Waals surface area contributed by atoms with Crippen LogP contribution in [0.5, 0.6) is 11.5 Å². The summed E-state index contributed by atoms with van der Waals surface area (Å²) in [4.78, 5) is 11.3. The van der Waals surface area contributed by atoms with Crippen LogP contribution in [0.1, 0.15) is 30.0 Å². The normalized spacial score (nSPS) is 11.2. The number of nitrogens with one attached hydrogen (secondary N) is 1. The van der Waals surface area contributed by atoms with Crippen molar-refractivity contribution in [3.63, 3.8) is 0 Å². The SMILES string of the molecule is CCOC(=O)CCNCc1ccc(OCc2ccc(OC(F)(F)F)cc2)c(C)c1. The zero-order chi connectivity index (χ0) is 21.3. The summed E-state index contributed by atoms with van der Waals surface area (Å²) in [6.07, 6.45) is -4.38. The number of esters is 1. The molecule has 2 aromatic carbocycles. The molecule has 0 saturated heterocycles. The molecule has 0 saturated carbocycles. The Morgan fingerprint density at radius 2 is 1.76 bits per heavy atom. The molecule has 0 heterocycles. The van der Waals surface area contributed by atoms with Crippen molar-refractivity contribution in [3.05, 3.63) is 59.2 Å². The fourth-order valence-electron chi connectivity index (χ4n) is 2.59. The maximum atomic E-state index is 12.2. The summed E-state index contributed by atoms with van der Waals surface area (Å²) in [6, 6.07) is 11.3. The van der Waals surface area contributed by atoms with Crippen molar-refractivity contribution in [3.8, 4) is 11.5 Å². The van der Waals surface area contributed by atoms with E-state index < -0.39 is 6.36 Å². The molecule has 0 aliphatic carbocycles. The minimum Gasteiger partial charge on any atom is -0.489 e. The highest BCUT2D eigenvalue weighted by Gasteiger charge is 2.30. The maximum Gasteiger partial charge on any atom is 0.573 e. The number of halogens is 3. The van der Waals surface area contributed by atoms with Gasteiger partial charge in [0.2, 0.25) is 0 Å². The van der Waals surface area contributed by atoms with Crippen LogP contribution in [-0.2, 0) is 22.7 Å². The standard InChI is InChI=1S/C21H24F3NO4/c1-3-27-20(26)10-11-25-13-17-6-9-19(15(2)12-17)28-14-16-4-7-18(8-5-16)29-21(22,23)24/h4-9,12,25H,3,10-11,13-14H2,1-2H3. The predicted molar refractivity (Wildman–Crippen MR) is 102 cm³/mol. The van der Waals surface area contributed by atoms with E-state index in [0.29, 0.717) is 31.9 Å². The number of alkyl halides is 3. The third kappa shape index (κ3) is 8.43. The van der Waals surface area contributed by atoms with Crippen LogP contribution in [-0.4, -0.2) is 25.5 Å². The lowest BCUT2D eigenvalue weighted by atomic mass is 10.1. The van der Waals surface area contributed by atoms with Gasteiger partial charge in [0, 0.05) is 13.1 Å². The molecule has 2 rings (SSSR count). The monoisotopic (exact) mass is 411 g/mol. The first-order valence-corrected chi connectivity index (χ1v) is 9.20. The molecule has 1 N–H and O–H groups in total. The van der Waals surface area contributed by atoms with Crippen molar-refractivity contribution in [2.24, 2.45) is 0 Å². The van der Waals surface area contributed by atoms with E-state index in [1.807, 2.05) is 25.1 Å². The van der Waals surface area contributed by atoms with Gasteiger partial charge in [-0.2, -0.15) is 0 Å². The average molecular weight is 411 g/mol. The molecule has 29 heavy (non-hydrogen) atoms. The van der Waals surface area contributed by atoms with E-state index in [1.165, 1.54) is 24.3 Å². The lowest BCUT2D eigenvalue weighted by molar-refractivity contribution is -0.274. The summed E-state index contributed by atoms with van der Waals surface area (Å²) in [5.41, 5.74) is 2.71. The van der Waals surface area contributed by atoms with Gasteiger partial charge in [-0.1, -0.05) is 24.3 Å². The number of benzene rings is 2. The Hall–Kier alpha value is -2.74. The van der Waals surface area contributed by atoms with E-state index in [1.54, 1.807) is 6.92 Å². The molecule has 0 atom stereocenters. The second-order valence-electron chi connectivity index (χ2n) is 6.31. The molecular formula is C21H24F3NO4. The van der Waals surface area contributed by atoms with Crippen molar-refractivity contribution >= 4 is 5.97 Å². The summed E-state index contributed by atoms with van der Waals surface area (Å²) in [7, 11) is 0. The van der Waals surface area contributed by atoms with Crippen LogP contribution in [0.25, 0.3) is 0 Å². The Morgan fingerprint density at radius 3 is 2.38 bits per heavy atom. The minimum atomic E-state index is -4.70. The van der Waals surface area contributed by atoms with Gasteiger partial charge in [-0.3, -0.25) is 4.79 Å². The first-order chi connectivity index (χ1) is 13.8. The van der Waals surface area contributed by atoms with Gasteiger partial charge in [-0.25, -0.2) is 0 Å². The lowest BCUT2D eigenvalue weighted by Crippen LogP contribution is -2.19. The molecule has 8 heteroatoms. The van der Waals surface area contributed by atoms with Gasteiger partial charge in [-0.15, -0.1) is 13.2 Å². The second kappa shape index (κ2) is 10.7. The zero-order valence-corrected chi connectivity index (χ0v) is 16.3. The Morgan fingerprint density at radius 1 is 1.07 bits per heavy atom. The van der Waals surface area contributed by atoms with Gasteiger partial charge >= 0.3 is 12.3 Å². The number of hydrogen-bond acceptors (Lipinski definition) is 5. The molecule has 0 aliphatic heterocycles. The van der Waals surface area contributed by atoms with Crippen LogP contribution < -0.4 is 14.8 Å². The van der Waals surface area contributed by atoms with Gasteiger partial charge in [-0.05, 0) is 48.7 Å². The number of carbonyl (C=O) groups excluding carboxylic acids is 1. The topological polar surface area (TPSA) is 56.8 Å². The van der Waals surface area contributed by atoms with Gasteiger partial charge in [0.15, 0.2) is 0 Å². The Bertz CT molecular complexity index is 792. The highest BCUT2D eigenvalue weighted by Crippen LogP contribution is 2.24. The molecule has 0 aliphatic rings. The fraction of sp³-hybridized carbons (Fsp3) is 0.381. The molecule has 5 nitrogen and oxygen atoms in total. The molecule has 0 aromatic heterocycles. The number of aryl methyl sites for hydroxylation is 1. The number of rotatable bonds is 10. The van der Waals surface area contributed by atoms with E-state index in [2.05, 4.69) is 10.1 Å². The van der Waals surface area contributed by atoms with E-state index in [-0.39, 0.29) is 18.3 Å². The van der Waals surface area contributed by atoms with Crippen LogP contribution in [0, 0.1) is 6.92 Å². The van der Waals surface area contributed by atoms with Crippen molar-refractivity contribution in [2.45, 2.75) is 39.8 Å². The minimum absolute atomic E-state index is 0.224. The smallest absolute Gasteiger partial charge is 0.489 e. The van der Waals surface area contributed by atoms with Crippen LogP contribution in [0.15, 0.2) is 42.5 Å². The quantitative estimate of drug-likeness (QED) is 0.460. The summed E-state index contributed by atoms with van der Waals surface area (Å²) < 4.78 is 51.0. The molecule has 0 bridgehead atoms. The average Bonchev–Trinajstić information content (AvgIpc) is 2.65. The van der Waals surface area contributed by atoms with Gasteiger partial charge in [0.1, 0.15) is 18.1 Å². The van der Waals surface area contributed by atoms with Gasteiger partial charge < -0.3 is 19.5 Å². The highest BCUT2D eigenvalue weighted by molar-refractivity contribution is 5.69. The van der Waals surface area contributed by atoms with Crippen molar-refractivity contribution in [1.29, 1.82) is 0 Å². The van der Waals surface area contributed by atoms with Crippen molar-refractivity contribution in [1.82, 2.24) is 5.32 Å². The van der Waals surface area contributed by atoms with Crippen molar-refractivity contribution in [2.75, 3.05) is 13.2 Å². The highest BCUT2D eigenvalue weighted by atomic mass is 19.4. The molecule has 2 aromatic rings. The molecule has 0 fully saturated rings. The first kappa shape index (κ1) is 22.5. The van der Waals surface area contributed by atoms with Crippen LogP contribution in [0.2, 0.25) is 0 Å².